The van der Waals surface area contributed by atoms with Crippen LogP contribution < -0.4 is 15.5 Å². The summed E-state index contributed by atoms with van der Waals surface area (Å²) in [5.41, 5.74) is 6.36. The standard InChI is InChI=1S/C27H26ClN3O3/c1-17(2)19-6-4-18(5-7-19)16-31-25(20-8-12-22(28)13-9-20)24(27(33)30-31)29-26(32)21-10-14-23(34-3)15-11-21/h4-17,24-25H,1-3H3,(H-,29,30,32,33)/p+1/b31-16-/t24-,25-/m1/s1. The van der Waals surface area contributed by atoms with Crippen LogP contribution in [-0.4, -0.2) is 35.9 Å². The van der Waals surface area contributed by atoms with Gasteiger partial charge in [-0.3, -0.25) is 9.59 Å². The number of ether oxygens (including phenoxy) is 1. The monoisotopic (exact) mass is 476 g/mol. The molecule has 0 spiro atoms. The van der Waals surface area contributed by atoms with E-state index in [4.69, 9.17) is 16.3 Å². The smallest absolute Gasteiger partial charge is 0.304 e. The van der Waals surface area contributed by atoms with Crippen molar-refractivity contribution in [3.8, 4) is 5.75 Å². The summed E-state index contributed by atoms with van der Waals surface area (Å²) in [4.78, 5) is 26.0. The highest BCUT2D eigenvalue weighted by Crippen LogP contribution is 2.27. The summed E-state index contributed by atoms with van der Waals surface area (Å²) in [6, 6.07) is 21.0. The Hall–Kier alpha value is -3.64. The predicted octanol–water partition coefficient (Wildman–Crippen LogP) is 4.49. The minimum Gasteiger partial charge on any atom is -0.497 e. The SMILES string of the molecule is COc1ccc(C(=O)N[C@H]2C(=O)N/[N+](=C\c3ccc(C(C)C)cc3)[C@@H]2c2ccc(Cl)cc2)cc1. The van der Waals surface area contributed by atoms with Gasteiger partial charge in [-0.25, -0.2) is 0 Å². The van der Waals surface area contributed by atoms with Crippen molar-refractivity contribution in [2.75, 3.05) is 7.11 Å². The van der Waals surface area contributed by atoms with Crippen LogP contribution in [0.5, 0.6) is 5.75 Å². The van der Waals surface area contributed by atoms with Crippen molar-refractivity contribution < 1.29 is 19.0 Å². The Bertz CT molecular complexity index is 1200. The number of rotatable bonds is 6. The van der Waals surface area contributed by atoms with Crippen LogP contribution in [0.25, 0.3) is 0 Å². The molecule has 7 heteroatoms. The Kier molecular flexibility index (Phi) is 6.98. The lowest BCUT2D eigenvalue weighted by molar-refractivity contribution is -0.596. The number of nitrogens with zero attached hydrogens (tertiary/aromatic N) is 1. The molecule has 0 aromatic heterocycles. The first kappa shape index (κ1) is 23.5. The summed E-state index contributed by atoms with van der Waals surface area (Å²) in [6.07, 6.45) is 1.88. The summed E-state index contributed by atoms with van der Waals surface area (Å²) >= 11 is 6.09. The minimum atomic E-state index is -0.804. The van der Waals surface area contributed by atoms with Crippen molar-refractivity contribution in [2.45, 2.75) is 31.8 Å². The van der Waals surface area contributed by atoms with Gasteiger partial charge in [-0.1, -0.05) is 49.7 Å². The van der Waals surface area contributed by atoms with E-state index in [1.165, 1.54) is 5.56 Å². The van der Waals surface area contributed by atoms with Gasteiger partial charge in [-0.15, -0.1) is 10.1 Å². The van der Waals surface area contributed by atoms with Crippen LogP contribution in [0.2, 0.25) is 5.02 Å². The summed E-state index contributed by atoms with van der Waals surface area (Å²) in [6.45, 7) is 4.29. The maximum Gasteiger partial charge on any atom is 0.304 e. The van der Waals surface area contributed by atoms with Crippen LogP contribution in [0.1, 0.15) is 52.9 Å². The van der Waals surface area contributed by atoms with E-state index in [0.717, 1.165) is 11.1 Å². The van der Waals surface area contributed by atoms with E-state index >= 15 is 0 Å². The number of hydrogen-bond donors (Lipinski definition) is 2. The highest BCUT2D eigenvalue weighted by Gasteiger charge is 2.47. The molecule has 0 saturated carbocycles. The molecule has 4 rings (SSSR count). The first-order valence-electron chi connectivity index (χ1n) is 11.1. The molecule has 0 unspecified atom stereocenters. The van der Waals surface area contributed by atoms with E-state index in [0.29, 0.717) is 22.3 Å². The average Bonchev–Trinajstić information content (AvgIpc) is 3.14. The molecular formula is C27H27ClN3O3+. The third kappa shape index (κ3) is 5.13. The van der Waals surface area contributed by atoms with Crippen molar-refractivity contribution in [1.82, 2.24) is 10.7 Å². The third-order valence-corrected chi connectivity index (χ3v) is 6.13. The van der Waals surface area contributed by atoms with E-state index < -0.39 is 12.1 Å². The van der Waals surface area contributed by atoms with Gasteiger partial charge in [-0.2, -0.15) is 0 Å². The van der Waals surface area contributed by atoms with Gasteiger partial charge in [0.25, 0.3) is 5.91 Å². The second kappa shape index (κ2) is 10.1. The van der Waals surface area contributed by atoms with Crippen LogP contribution in [-0.2, 0) is 4.79 Å². The van der Waals surface area contributed by atoms with E-state index in [2.05, 4.69) is 36.7 Å². The second-order valence-electron chi connectivity index (χ2n) is 8.51. The summed E-state index contributed by atoms with van der Waals surface area (Å²) in [5.74, 6) is 0.445. The fraction of sp³-hybridized carbons (Fsp3) is 0.222. The van der Waals surface area contributed by atoms with Gasteiger partial charge in [0.05, 0.1) is 7.11 Å². The Labute approximate surface area is 204 Å². The number of hydrazine groups is 1. The third-order valence-electron chi connectivity index (χ3n) is 5.88. The lowest BCUT2D eigenvalue weighted by Crippen LogP contribution is -2.42. The molecule has 1 saturated heterocycles. The Balaban J connectivity index is 1.66. The largest absolute Gasteiger partial charge is 0.497 e. The molecule has 1 fully saturated rings. The molecule has 0 radical (unpaired) electrons. The van der Waals surface area contributed by atoms with Gasteiger partial charge in [-0.05, 0) is 60.0 Å². The second-order valence-corrected chi connectivity index (χ2v) is 8.95. The summed E-state index contributed by atoms with van der Waals surface area (Å²) in [7, 11) is 1.57. The molecule has 0 bridgehead atoms. The van der Waals surface area contributed by atoms with Crippen molar-refractivity contribution in [3.05, 3.63) is 100 Å². The lowest BCUT2D eigenvalue weighted by atomic mass is 9.99. The molecule has 174 valence electrons. The highest BCUT2D eigenvalue weighted by molar-refractivity contribution is 6.30. The normalized spacial score (nSPS) is 18.7. The number of hydrogen-bond acceptors (Lipinski definition) is 3. The van der Waals surface area contributed by atoms with Crippen molar-refractivity contribution in [1.29, 1.82) is 0 Å². The average molecular weight is 477 g/mol. The minimum absolute atomic E-state index is 0.295. The number of amides is 2. The summed E-state index contributed by atoms with van der Waals surface area (Å²) < 4.78 is 6.90. The van der Waals surface area contributed by atoms with Gasteiger partial charge in [0.15, 0.2) is 6.04 Å². The molecule has 2 atom stereocenters. The number of nitrogens with one attached hydrogen (secondary N) is 2. The topological polar surface area (TPSA) is 70.4 Å². The van der Waals surface area contributed by atoms with Crippen molar-refractivity contribution in [2.24, 2.45) is 0 Å². The Morgan fingerprint density at radius 3 is 2.26 bits per heavy atom. The Morgan fingerprint density at radius 2 is 1.68 bits per heavy atom. The van der Waals surface area contributed by atoms with Crippen molar-refractivity contribution >= 4 is 29.6 Å². The van der Waals surface area contributed by atoms with Crippen LogP contribution in [0.3, 0.4) is 0 Å². The molecule has 1 aliphatic rings. The number of carbonyl (C=O) groups excluding carboxylic acids is 2. The first-order chi connectivity index (χ1) is 16.4. The number of methoxy groups -OCH3 is 1. The molecular weight excluding hydrogens is 450 g/mol. The van der Waals surface area contributed by atoms with Gasteiger partial charge >= 0.3 is 5.91 Å². The molecule has 34 heavy (non-hydrogen) atoms. The fourth-order valence-corrected chi connectivity index (χ4v) is 4.06. The highest BCUT2D eigenvalue weighted by atomic mass is 35.5. The van der Waals surface area contributed by atoms with Crippen LogP contribution in [0.4, 0.5) is 0 Å². The van der Waals surface area contributed by atoms with E-state index in [1.807, 2.05) is 30.5 Å². The van der Waals surface area contributed by atoms with Gasteiger partial charge in [0.1, 0.15) is 5.75 Å². The molecule has 3 aromatic carbocycles. The first-order valence-corrected chi connectivity index (χ1v) is 11.5. The maximum absolute atomic E-state index is 13.0. The molecule has 2 N–H and O–H groups in total. The van der Waals surface area contributed by atoms with E-state index in [-0.39, 0.29) is 11.8 Å². The Morgan fingerprint density at radius 1 is 1.03 bits per heavy atom. The molecule has 1 heterocycles. The van der Waals surface area contributed by atoms with E-state index in [1.54, 1.807) is 48.2 Å². The van der Waals surface area contributed by atoms with Crippen LogP contribution in [0.15, 0.2) is 72.8 Å². The molecule has 2 amide bonds. The number of carbonyl (C=O) groups is 2. The molecule has 3 aromatic rings. The molecule has 1 aliphatic heterocycles. The van der Waals surface area contributed by atoms with E-state index in [9.17, 15) is 9.59 Å². The lowest BCUT2D eigenvalue weighted by Gasteiger charge is -2.15. The zero-order valence-electron chi connectivity index (χ0n) is 19.3. The zero-order valence-corrected chi connectivity index (χ0v) is 20.0. The fourth-order valence-electron chi connectivity index (χ4n) is 3.93. The number of halogens is 1. The van der Waals surface area contributed by atoms with Gasteiger partial charge < -0.3 is 10.1 Å². The van der Waals surface area contributed by atoms with Crippen LogP contribution >= 0.6 is 11.6 Å². The van der Waals surface area contributed by atoms with Crippen LogP contribution in [0, 0.1) is 0 Å². The molecule has 0 aliphatic carbocycles. The zero-order chi connectivity index (χ0) is 24.2. The maximum atomic E-state index is 13.0. The van der Waals surface area contributed by atoms with Gasteiger partial charge in [0.2, 0.25) is 12.3 Å². The number of benzene rings is 3. The van der Waals surface area contributed by atoms with Crippen molar-refractivity contribution in [3.63, 3.8) is 0 Å². The number of hydrazone groups is 1. The molecule has 6 nitrogen and oxygen atoms in total. The summed E-state index contributed by atoms with van der Waals surface area (Å²) in [5, 5.41) is 3.50. The quantitative estimate of drug-likeness (QED) is 0.515. The van der Waals surface area contributed by atoms with Gasteiger partial charge in [0, 0.05) is 21.7 Å². The predicted molar refractivity (Wildman–Crippen MR) is 133 cm³/mol.